The maximum atomic E-state index is 4.82. The molecule has 4 heteroatoms. The van der Waals surface area contributed by atoms with Crippen molar-refractivity contribution in [3.8, 4) is 0 Å². The third-order valence-corrected chi connectivity index (χ3v) is 4.30. The number of para-hydroxylation sites is 1. The SMILES string of the molecule is CCNc1nc2ccccc2c2c1nc(C)n2Cc1ccccc1. The second-order valence-corrected chi connectivity index (χ2v) is 5.94. The third kappa shape index (κ3) is 2.40. The Morgan fingerprint density at radius 3 is 2.50 bits per heavy atom. The van der Waals surface area contributed by atoms with Crippen molar-refractivity contribution < 1.29 is 0 Å². The zero-order valence-electron chi connectivity index (χ0n) is 14.0. The van der Waals surface area contributed by atoms with Crippen LogP contribution in [0.15, 0.2) is 54.6 Å². The highest BCUT2D eigenvalue weighted by molar-refractivity contribution is 6.07. The number of nitrogens with zero attached hydrogens (tertiary/aromatic N) is 3. The highest BCUT2D eigenvalue weighted by atomic mass is 15.1. The summed E-state index contributed by atoms with van der Waals surface area (Å²) < 4.78 is 2.29. The largest absolute Gasteiger partial charge is 0.368 e. The molecule has 0 atom stereocenters. The van der Waals surface area contributed by atoms with E-state index in [-0.39, 0.29) is 0 Å². The van der Waals surface area contributed by atoms with Crippen LogP contribution in [0.25, 0.3) is 21.9 Å². The molecule has 0 fully saturated rings. The summed E-state index contributed by atoms with van der Waals surface area (Å²) in [5, 5.41) is 4.50. The number of fused-ring (bicyclic) bond motifs is 3. The van der Waals surface area contributed by atoms with Gasteiger partial charge in [-0.25, -0.2) is 9.97 Å². The van der Waals surface area contributed by atoms with Crippen LogP contribution in [0.3, 0.4) is 0 Å². The van der Waals surface area contributed by atoms with Crippen LogP contribution in [0, 0.1) is 6.92 Å². The van der Waals surface area contributed by atoms with Gasteiger partial charge in [-0.15, -0.1) is 0 Å². The third-order valence-electron chi connectivity index (χ3n) is 4.30. The zero-order valence-corrected chi connectivity index (χ0v) is 14.0. The van der Waals surface area contributed by atoms with Crippen LogP contribution in [0.2, 0.25) is 0 Å². The lowest BCUT2D eigenvalue weighted by Crippen LogP contribution is -2.03. The number of imidazole rings is 1. The normalized spacial score (nSPS) is 11.2. The number of nitrogens with one attached hydrogen (secondary N) is 1. The number of rotatable bonds is 4. The van der Waals surface area contributed by atoms with Gasteiger partial charge >= 0.3 is 0 Å². The van der Waals surface area contributed by atoms with Crippen LogP contribution in [-0.4, -0.2) is 21.1 Å². The molecule has 0 aliphatic heterocycles. The first-order valence-corrected chi connectivity index (χ1v) is 8.31. The molecular weight excluding hydrogens is 296 g/mol. The Labute approximate surface area is 141 Å². The van der Waals surface area contributed by atoms with Gasteiger partial charge in [-0.3, -0.25) is 0 Å². The van der Waals surface area contributed by atoms with Gasteiger partial charge in [0.25, 0.3) is 0 Å². The lowest BCUT2D eigenvalue weighted by atomic mass is 10.1. The number of aromatic nitrogens is 3. The number of anilines is 1. The molecule has 0 spiro atoms. The molecule has 120 valence electrons. The van der Waals surface area contributed by atoms with Gasteiger partial charge < -0.3 is 9.88 Å². The maximum Gasteiger partial charge on any atom is 0.154 e. The highest BCUT2D eigenvalue weighted by Gasteiger charge is 2.16. The Morgan fingerprint density at radius 2 is 1.71 bits per heavy atom. The molecule has 0 aliphatic carbocycles. The van der Waals surface area contributed by atoms with Gasteiger partial charge in [-0.05, 0) is 25.5 Å². The van der Waals surface area contributed by atoms with Crippen molar-refractivity contribution in [1.29, 1.82) is 0 Å². The molecule has 24 heavy (non-hydrogen) atoms. The molecule has 0 aliphatic rings. The van der Waals surface area contributed by atoms with E-state index in [9.17, 15) is 0 Å². The highest BCUT2D eigenvalue weighted by Crippen LogP contribution is 2.30. The van der Waals surface area contributed by atoms with Crippen LogP contribution in [0.1, 0.15) is 18.3 Å². The molecule has 4 aromatic rings. The minimum Gasteiger partial charge on any atom is -0.368 e. The fraction of sp³-hybridized carbons (Fsp3) is 0.200. The lowest BCUT2D eigenvalue weighted by molar-refractivity contribution is 0.788. The minimum atomic E-state index is 0.808. The first-order chi connectivity index (χ1) is 11.8. The summed E-state index contributed by atoms with van der Waals surface area (Å²) in [6.07, 6.45) is 0. The van der Waals surface area contributed by atoms with Gasteiger partial charge in [-0.2, -0.15) is 0 Å². The molecule has 4 rings (SSSR count). The van der Waals surface area contributed by atoms with Gasteiger partial charge in [-0.1, -0.05) is 48.5 Å². The fourth-order valence-corrected chi connectivity index (χ4v) is 3.20. The molecule has 0 unspecified atom stereocenters. The fourth-order valence-electron chi connectivity index (χ4n) is 3.20. The Bertz CT molecular complexity index is 1000. The van der Waals surface area contributed by atoms with Gasteiger partial charge in [0.2, 0.25) is 0 Å². The van der Waals surface area contributed by atoms with Gasteiger partial charge in [0.15, 0.2) is 5.82 Å². The number of benzene rings is 2. The van der Waals surface area contributed by atoms with Crippen molar-refractivity contribution in [3.63, 3.8) is 0 Å². The van der Waals surface area contributed by atoms with E-state index in [0.717, 1.165) is 46.7 Å². The van der Waals surface area contributed by atoms with E-state index >= 15 is 0 Å². The van der Waals surface area contributed by atoms with Crippen molar-refractivity contribution in [2.24, 2.45) is 0 Å². The lowest BCUT2D eigenvalue weighted by Gasteiger charge is -2.11. The number of aryl methyl sites for hydroxylation is 1. The van der Waals surface area contributed by atoms with Crippen molar-refractivity contribution in [2.45, 2.75) is 20.4 Å². The van der Waals surface area contributed by atoms with E-state index in [4.69, 9.17) is 9.97 Å². The standard InChI is InChI=1S/C20H20N4/c1-3-21-20-18-19(16-11-7-8-12-17(16)23-20)24(14(2)22-18)13-15-9-5-4-6-10-15/h4-12H,3,13H2,1-2H3,(H,21,23). The average molecular weight is 316 g/mol. The summed E-state index contributed by atoms with van der Waals surface area (Å²) in [5.41, 5.74) is 4.36. The monoisotopic (exact) mass is 316 g/mol. The van der Waals surface area contributed by atoms with Crippen LogP contribution < -0.4 is 5.32 Å². The smallest absolute Gasteiger partial charge is 0.154 e. The second kappa shape index (κ2) is 5.96. The Balaban J connectivity index is 2.01. The van der Waals surface area contributed by atoms with Gasteiger partial charge in [0.05, 0.1) is 11.0 Å². The molecule has 4 nitrogen and oxygen atoms in total. The molecule has 2 aromatic carbocycles. The summed E-state index contributed by atoms with van der Waals surface area (Å²) in [4.78, 5) is 9.58. The number of hydrogen-bond donors (Lipinski definition) is 1. The zero-order chi connectivity index (χ0) is 16.5. The Kier molecular flexibility index (Phi) is 3.65. The van der Waals surface area contributed by atoms with Crippen molar-refractivity contribution in [2.75, 3.05) is 11.9 Å². The Hall–Kier alpha value is -2.88. The molecule has 0 saturated heterocycles. The molecule has 0 saturated carbocycles. The summed E-state index contributed by atoms with van der Waals surface area (Å²) in [6, 6.07) is 18.8. The topological polar surface area (TPSA) is 42.7 Å². The van der Waals surface area contributed by atoms with E-state index in [1.165, 1.54) is 5.56 Å². The van der Waals surface area contributed by atoms with E-state index in [1.54, 1.807) is 0 Å². The molecule has 0 radical (unpaired) electrons. The molecule has 2 heterocycles. The molecular formula is C20H20N4. The summed E-state index contributed by atoms with van der Waals surface area (Å²) in [6.45, 7) is 5.78. The second-order valence-electron chi connectivity index (χ2n) is 5.94. The predicted octanol–water partition coefficient (Wildman–Crippen LogP) is 4.37. The van der Waals surface area contributed by atoms with Crippen molar-refractivity contribution in [1.82, 2.24) is 14.5 Å². The summed E-state index contributed by atoms with van der Waals surface area (Å²) >= 11 is 0. The molecule has 0 bridgehead atoms. The van der Waals surface area contributed by atoms with E-state index < -0.39 is 0 Å². The first-order valence-electron chi connectivity index (χ1n) is 8.31. The van der Waals surface area contributed by atoms with Crippen molar-refractivity contribution >= 4 is 27.8 Å². The van der Waals surface area contributed by atoms with Crippen molar-refractivity contribution in [3.05, 3.63) is 66.0 Å². The molecule has 1 N–H and O–H groups in total. The maximum absolute atomic E-state index is 4.82. The van der Waals surface area contributed by atoms with Crippen LogP contribution >= 0.6 is 0 Å². The predicted molar refractivity (Wildman–Crippen MR) is 99.5 cm³/mol. The average Bonchev–Trinajstić information content (AvgIpc) is 2.93. The van der Waals surface area contributed by atoms with E-state index in [1.807, 2.05) is 12.1 Å². The molecule has 0 amide bonds. The van der Waals surface area contributed by atoms with Gasteiger partial charge in [0, 0.05) is 18.5 Å². The quantitative estimate of drug-likeness (QED) is 0.608. The number of pyridine rings is 1. The van der Waals surface area contributed by atoms with Crippen LogP contribution in [0.5, 0.6) is 0 Å². The van der Waals surface area contributed by atoms with Crippen LogP contribution in [-0.2, 0) is 6.54 Å². The van der Waals surface area contributed by atoms with Crippen LogP contribution in [0.4, 0.5) is 5.82 Å². The summed E-state index contributed by atoms with van der Waals surface area (Å²) in [5.74, 6) is 1.87. The van der Waals surface area contributed by atoms with E-state index in [0.29, 0.717) is 0 Å². The molecule has 2 aromatic heterocycles. The van der Waals surface area contributed by atoms with Gasteiger partial charge in [0.1, 0.15) is 11.3 Å². The van der Waals surface area contributed by atoms with E-state index in [2.05, 4.69) is 66.2 Å². The number of hydrogen-bond acceptors (Lipinski definition) is 3. The first kappa shape index (κ1) is 14.7. The summed E-state index contributed by atoms with van der Waals surface area (Å²) in [7, 11) is 0. The Morgan fingerprint density at radius 1 is 0.958 bits per heavy atom. The minimum absolute atomic E-state index is 0.808.